The number of carbonyl (C=O) groups excluding carboxylic acids is 1. The van der Waals surface area contributed by atoms with Crippen molar-refractivity contribution in [2.24, 2.45) is 16.7 Å². The van der Waals surface area contributed by atoms with Gasteiger partial charge < -0.3 is 4.57 Å². The molecule has 0 saturated heterocycles. The van der Waals surface area contributed by atoms with Crippen LogP contribution >= 0.6 is 0 Å². The Morgan fingerprint density at radius 1 is 1.26 bits per heavy atom. The zero-order chi connectivity index (χ0) is 13.8. The number of nitrogens with zero attached hydrogens (tertiary/aromatic N) is 1. The number of hydrogen-bond donors (Lipinski definition) is 0. The van der Waals surface area contributed by atoms with Crippen LogP contribution in [0.5, 0.6) is 0 Å². The highest BCUT2D eigenvalue weighted by Crippen LogP contribution is 2.53. The Balaban J connectivity index is 1.91. The second kappa shape index (κ2) is 3.97. The van der Waals surface area contributed by atoms with Gasteiger partial charge in [0.1, 0.15) is 0 Å². The maximum Gasteiger partial charge on any atom is 0.165 e. The van der Waals surface area contributed by atoms with Crippen LogP contribution in [0.25, 0.3) is 0 Å². The molecule has 1 heterocycles. The van der Waals surface area contributed by atoms with E-state index in [1.165, 1.54) is 18.5 Å². The van der Waals surface area contributed by atoms with Crippen LogP contribution in [0.4, 0.5) is 0 Å². The van der Waals surface area contributed by atoms with Crippen molar-refractivity contribution in [1.29, 1.82) is 0 Å². The Morgan fingerprint density at radius 3 is 2.53 bits per heavy atom. The Hall–Kier alpha value is -1.05. The van der Waals surface area contributed by atoms with Gasteiger partial charge >= 0.3 is 0 Å². The summed E-state index contributed by atoms with van der Waals surface area (Å²) in [6.07, 6.45) is 6.56. The van der Waals surface area contributed by atoms with E-state index in [0.717, 1.165) is 24.4 Å². The first kappa shape index (κ1) is 13.0. The van der Waals surface area contributed by atoms with E-state index in [2.05, 4.69) is 38.5 Å². The highest BCUT2D eigenvalue weighted by Gasteiger charge is 2.46. The van der Waals surface area contributed by atoms with Crippen molar-refractivity contribution in [3.63, 3.8) is 0 Å². The van der Waals surface area contributed by atoms with Crippen LogP contribution < -0.4 is 0 Å². The molecule has 0 unspecified atom stereocenters. The number of hydrogen-bond acceptors (Lipinski definition) is 1. The van der Waals surface area contributed by atoms with Crippen molar-refractivity contribution in [2.45, 2.75) is 59.9 Å². The minimum Gasteiger partial charge on any atom is -0.350 e. The van der Waals surface area contributed by atoms with E-state index in [9.17, 15) is 4.79 Å². The predicted octanol–water partition coefficient (Wildman–Crippen LogP) is 4.08. The molecular weight excluding hydrogens is 234 g/mol. The first-order valence-electron chi connectivity index (χ1n) is 7.54. The lowest BCUT2D eigenvalue weighted by molar-refractivity contribution is 0.0909. The quantitative estimate of drug-likeness (QED) is 0.801. The van der Waals surface area contributed by atoms with Crippen molar-refractivity contribution in [1.82, 2.24) is 4.57 Å². The first-order valence-corrected chi connectivity index (χ1v) is 7.54. The molecule has 1 aromatic rings. The molecule has 2 aliphatic carbocycles. The van der Waals surface area contributed by atoms with E-state index < -0.39 is 0 Å². The van der Waals surface area contributed by atoms with Crippen LogP contribution in [0, 0.1) is 16.7 Å². The fourth-order valence-electron chi connectivity index (χ4n) is 3.57. The summed E-state index contributed by atoms with van der Waals surface area (Å²) in [6.45, 7) is 10.2. The van der Waals surface area contributed by atoms with Crippen LogP contribution in [0.3, 0.4) is 0 Å². The Kier molecular flexibility index (Phi) is 2.71. The summed E-state index contributed by atoms with van der Waals surface area (Å²) in [6, 6.07) is 2.04. The van der Waals surface area contributed by atoms with Crippen LogP contribution in [0.2, 0.25) is 0 Å². The molecule has 0 radical (unpaired) electrons. The zero-order valence-electron chi connectivity index (χ0n) is 12.6. The van der Waals surface area contributed by atoms with Crippen LogP contribution in [-0.4, -0.2) is 10.4 Å². The van der Waals surface area contributed by atoms with Crippen LogP contribution in [0.15, 0.2) is 12.3 Å². The lowest BCUT2D eigenvalue weighted by Gasteiger charge is -2.31. The maximum absolute atomic E-state index is 12.2. The van der Waals surface area contributed by atoms with Gasteiger partial charge in [0, 0.05) is 30.4 Å². The van der Waals surface area contributed by atoms with Crippen molar-refractivity contribution >= 4 is 5.78 Å². The summed E-state index contributed by atoms with van der Waals surface area (Å²) in [7, 11) is 0. The van der Waals surface area contributed by atoms with Crippen molar-refractivity contribution < 1.29 is 4.79 Å². The average molecular weight is 259 g/mol. The number of rotatable bonds is 3. The third-order valence-electron chi connectivity index (χ3n) is 5.27. The Bertz CT molecular complexity index is 517. The maximum atomic E-state index is 12.2. The minimum atomic E-state index is 0.120. The number of aromatic nitrogens is 1. The van der Waals surface area contributed by atoms with E-state index in [0.29, 0.717) is 17.6 Å². The van der Waals surface area contributed by atoms with Gasteiger partial charge in [0.15, 0.2) is 5.78 Å². The third-order valence-corrected chi connectivity index (χ3v) is 5.27. The second-order valence-electron chi connectivity index (χ2n) is 7.76. The smallest absolute Gasteiger partial charge is 0.165 e. The van der Waals surface area contributed by atoms with E-state index >= 15 is 0 Å². The molecule has 104 valence electrons. The summed E-state index contributed by atoms with van der Waals surface area (Å²) >= 11 is 0. The van der Waals surface area contributed by atoms with Gasteiger partial charge in [0.05, 0.1) is 0 Å². The van der Waals surface area contributed by atoms with E-state index in [1.54, 1.807) is 0 Å². The molecule has 0 atom stereocenters. The third kappa shape index (κ3) is 2.15. The fourth-order valence-corrected chi connectivity index (χ4v) is 3.57. The Labute approximate surface area is 116 Å². The van der Waals surface area contributed by atoms with Crippen LogP contribution in [0.1, 0.15) is 63.0 Å². The highest BCUT2D eigenvalue weighted by atomic mass is 16.1. The first-order chi connectivity index (χ1) is 8.83. The monoisotopic (exact) mass is 259 g/mol. The number of ketones is 1. The zero-order valence-corrected chi connectivity index (χ0v) is 12.6. The minimum absolute atomic E-state index is 0.120. The summed E-state index contributed by atoms with van der Waals surface area (Å²) in [5.74, 6) is 1.07. The average Bonchev–Trinajstić information content (AvgIpc) is 2.96. The molecule has 1 saturated carbocycles. The molecule has 1 aromatic heterocycles. The molecule has 0 amide bonds. The van der Waals surface area contributed by atoms with Gasteiger partial charge in [0.25, 0.3) is 0 Å². The number of carbonyl (C=O) groups is 1. The molecule has 0 aromatic carbocycles. The molecule has 0 spiro atoms. The largest absolute Gasteiger partial charge is 0.350 e. The molecule has 3 rings (SSSR count). The van der Waals surface area contributed by atoms with Gasteiger partial charge in [-0.05, 0) is 42.1 Å². The van der Waals surface area contributed by atoms with Gasteiger partial charge in [-0.25, -0.2) is 0 Å². The molecule has 0 aliphatic heterocycles. The van der Waals surface area contributed by atoms with Gasteiger partial charge in [0.2, 0.25) is 0 Å². The van der Waals surface area contributed by atoms with Gasteiger partial charge in [-0.1, -0.05) is 27.7 Å². The molecule has 0 bridgehead atoms. The fraction of sp³-hybridized carbons (Fsp3) is 0.706. The summed E-state index contributed by atoms with van der Waals surface area (Å²) in [5.41, 5.74) is 2.89. The SMILES string of the molecule is CC(C)C1(Cn2ccc3c2CC(C)(C)CC3=O)CC1. The lowest BCUT2D eigenvalue weighted by Crippen LogP contribution is -2.29. The molecule has 19 heavy (non-hydrogen) atoms. The molecule has 2 heteroatoms. The van der Waals surface area contributed by atoms with E-state index in [4.69, 9.17) is 0 Å². The molecule has 2 nitrogen and oxygen atoms in total. The van der Waals surface area contributed by atoms with Gasteiger partial charge in [-0.15, -0.1) is 0 Å². The molecule has 1 fully saturated rings. The summed E-state index contributed by atoms with van der Waals surface area (Å²) in [4.78, 5) is 12.2. The normalized spacial score (nSPS) is 23.5. The van der Waals surface area contributed by atoms with E-state index in [1.807, 2.05) is 6.07 Å². The van der Waals surface area contributed by atoms with E-state index in [-0.39, 0.29) is 5.41 Å². The molecular formula is C17H25NO. The van der Waals surface area contributed by atoms with Gasteiger partial charge in [-0.3, -0.25) is 4.79 Å². The topological polar surface area (TPSA) is 22.0 Å². The van der Waals surface area contributed by atoms with Crippen molar-refractivity contribution in [2.75, 3.05) is 0 Å². The summed E-state index contributed by atoms with van der Waals surface area (Å²) < 4.78 is 2.38. The number of Topliss-reactive ketones (excluding diaryl/α,β-unsaturated/α-hetero) is 1. The molecule has 2 aliphatic rings. The van der Waals surface area contributed by atoms with Gasteiger partial charge in [-0.2, -0.15) is 0 Å². The molecule has 0 N–H and O–H groups in total. The van der Waals surface area contributed by atoms with Crippen LogP contribution in [-0.2, 0) is 13.0 Å². The van der Waals surface area contributed by atoms with Crippen molar-refractivity contribution in [3.8, 4) is 0 Å². The highest BCUT2D eigenvalue weighted by molar-refractivity contribution is 5.98. The standard InChI is InChI=1S/C17H25NO/c1-12(2)17(6-7-17)11-18-8-5-13-14(18)9-16(3,4)10-15(13)19/h5,8,12H,6-7,9-11H2,1-4H3. The second-order valence-corrected chi connectivity index (χ2v) is 7.76. The lowest BCUT2D eigenvalue weighted by atomic mass is 9.76. The predicted molar refractivity (Wildman–Crippen MR) is 77.4 cm³/mol. The Morgan fingerprint density at radius 2 is 1.95 bits per heavy atom. The summed E-state index contributed by atoms with van der Waals surface area (Å²) in [5, 5.41) is 0. The number of fused-ring (bicyclic) bond motifs is 1. The van der Waals surface area contributed by atoms with Crippen molar-refractivity contribution in [3.05, 3.63) is 23.5 Å².